The molecule has 0 bridgehead atoms. The number of halogens is 6. The Morgan fingerprint density at radius 2 is 1.75 bits per heavy atom. The third-order valence-electron chi connectivity index (χ3n) is 2.38. The van der Waals surface area contributed by atoms with E-state index in [0.29, 0.717) is 18.1 Å². The molecule has 0 spiro atoms. The van der Waals surface area contributed by atoms with Crippen LogP contribution in [0.5, 0.6) is 0 Å². The van der Waals surface area contributed by atoms with E-state index in [-0.39, 0.29) is 23.9 Å². The van der Waals surface area contributed by atoms with Gasteiger partial charge >= 0.3 is 11.4 Å². The van der Waals surface area contributed by atoms with Gasteiger partial charge in [0.05, 0.1) is 0 Å². The number of alkyl halides is 5. The summed E-state index contributed by atoms with van der Waals surface area (Å²) >= 11 is 5.52. The monoisotopic (exact) mass is 333 g/mol. The Kier molecular flexibility index (Phi) is 6.54. The summed E-state index contributed by atoms with van der Waals surface area (Å²) in [6.07, 6.45) is -5.29. The van der Waals surface area contributed by atoms with Gasteiger partial charge in [-0.3, -0.25) is 0 Å². The normalized spacial score (nSPS) is 12.7. The van der Waals surface area contributed by atoms with Crippen molar-refractivity contribution in [2.45, 2.75) is 24.4 Å². The third-order valence-corrected chi connectivity index (χ3v) is 3.84. The molecular weight excluding hydrogens is 321 g/mol. The van der Waals surface area contributed by atoms with Crippen LogP contribution in [0.1, 0.15) is 12.0 Å². The first-order valence-corrected chi connectivity index (χ1v) is 7.13. The molecule has 1 rings (SSSR count). The van der Waals surface area contributed by atoms with Gasteiger partial charge in [-0.15, -0.1) is 0 Å². The molecule has 8 heteroatoms. The summed E-state index contributed by atoms with van der Waals surface area (Å²) in [4.78, 5) is 0. The van der Waals surface area contributed by atoms with Crippen molar-refractivity contribution in [2.24, 2.45) is 0 Å². The summed E-state index contributed by atoms with van der Waals surface area (Å²) in [6.45, 7) is 0.784. The first-order chi connectivity index (χ1) is 9.24. The first-order valence-electron chi connectivity index (χ1n) is 5.76. The van der Waals surface area contributed by atoms with Gasteiger partial charge < -0.3 is 5.32 Å². The van der Waals surface area contributed by atoms with Crippen molar-refractivity contribution in [2.75, 3.05) is 12.3 Å². The minimum absolute atomic E-state index is 0.209. The zero-order valence-electron chi connectivity index (χ0n) is 10.3. The Hall–Kier alpha value is -0.530. The lowest BCUT2D eigenvalue weighted by Crippen LogP contribution is -2.33. The van der Waals surface area contributed by atoms with Crippen LogP contribution in [0.2, 0.25) is 5.02 Å². The van der Waals surface area contributed by atoms with Crippen molar-refractivity contribution >= 4 is 23.4 Å². The lowest BCUT2D eigenvalue weighted by molar-refractivity contribution is -0.237. The Morgan fingerprint density at radius 1 is 1.10 bits per heavy atom. The molecule has 1 N–H and O–H groups in total. The van der Waals surface area contributed by atoms with Crippen LogP contribution in [-0.4, -0.2) is 23.7 Å². The molecule has 114 valence electrons. The van der Waals surface area contributed by atoms with Crippen molar-refractivity contribution in [3.63, 3.8) is 0 Å². The number of hydrogen-bond donors (Lipinski definition) is 1. The molecule has 1 nitrogen and oxygen atoms in total. The second kappa shape index (κ2) is 7.47. The highest BCUT2D eigenvalue weighted by Crippen LogP contribution is 2.44. The molecule has 1 aromatic rings. The highest BCUT2D eigenvalue weighted by Gasteiger charge is 2.57. The Balaban J connectivity index is 2.19. The Labute approximate surface area is 122 Å². The van der Waals surface area contributed by atoms with E-state index in [9.17, 15) is 22.0 Å². The van der Waals surface area contributed by atoms with E-state index < -0.39 is 11.4 Å². The predicted octanol–water partition coefficient (Wildman–Crippen LogP) is 4.71. The van der Waals surface area contributed by atoms with Gasteiger partial charge in [-0.25, -0.2) is 0 Å². The summed E-state index contributed by atoms with van der Waals surface area (Å²) in [6, 6.07) is 7.12. The number of thioether (sulfide) groups is 1. The lowest BCUT2D eigenvalue weighted by atomic mass is 10.2. The van der Waals surface area contributed by atoms with E-state index in [1.54, 1.807) is 12.1 Å². The SMILES string of the molecule is FC(F)(F)C(F)(F)SCCCNCc1ccccc1Cl. The average molecular weight is 334 g/mol. The smallest absolute Gasteiger partial charge is 0.313 e. The molecule has 0 heterocycles. The molecular formula is C12H13ClF5NS. The maximum absolute atomic E-state index is 12.6. The van der Waals surface area contributed by atoms with Crippen molar-refractivity contribution in [3.05, 3.63) is 34.9 Å². The summed E-state index contributed by atoms with van der Waals surface area (Å²) in [7, 11) is 0. The molecule has 1 aromatic carbocycles. The number of benzene rings is 1. The van der Waals surface area contributed by atoms with Gasteiger partial charge in [-0.2, -0.15) is 22.0 Å². The van der Waals surface area contributed by atoms with Gasteiger partial charge in [0.25, 0.3) is 0 Å². The third kappa shape index (κ3) is 5.46. The van der Waals surface area contributed by atoms with E-state index in [1.807, 2.05) is 12.1 Å². The van der Waals surface area contributed by atoms with Gasteiger partial charge in [0, 0.05) is 17.3 Å². The molecule has 0 aromatic heterocycles. The van der Waals surface area contributed by atoms with Gasteiger partial charge in [-0.05, 0) is 24.6 Å². The second-order valence-electron chi connectivity index (χ2n) is 3.98. The predicted molar refractivity (Wildman–Crippen MR) is 71.2 cm³/mol. The van der Waals surface area contributed by atoms with Crippen LogP contribution in [0.4, 0.5) is 22.0 Å². The molecule has 0 aliphatic rings. The zero-order valence-corrected chi connectivity index (χ0v) is 11.9. The van der Waals surface area contributed by atoms with Crippen LogP contribution in [0.15, 0.2) is 24.3 Å². The van der Waals surface area contributed by atoms with E-state index in [0.717, 1.165) is 5.56 Å². The Morgan fingerprint density at radius 3 is 2.35 bits per heavy atom. The van der Waals surface area contributed by atoms with Crippen molar-refractivity contribution in [1.29, 1.82) is 0 Å². The summed E-state index contributed by atoms with van der Waals surface area (Å²) < 4.78 is 60.7. The second-order valence-corrected chi connectivity index (χ2v) is 5.60. The summed E-state index contributed by atoms with van der Waals surface area (Å²) in [5, 5.41) is -1.16. The van der Waals surface area contributed by atoms with Crippen molar-refractivity contribution < 1.29 is 22.0 Å². The molecule has 20 heavy (non-hydrogen) atoms. The van der Waals surface area contributed by atoms with Gasteiger partial charge in [-0.1, -0.05) is 41.6 Å². The lowest BCUT2D eigenvalue weighted by Gasteiger charge is -2.18. The van der Waals surface area contributed by atoms with Crippen LogP contribution in [0, 0.1) is 0 Å². The fourth-order valence-electron chi connectivity index (χ4n) is 1.34. The van der Waals surface area contributed by atoms with E-state index >= 15 is 0 Å². The average Bonchev–Trinajstić information content (AvgIpc) is 2.34. The van der Waals surface area contributed by atoms with Crippen LogP contribution in [0.25, 0.3) is 0 Å². The van der Waals surface area contributed by atoms with Crippen LogP contribution < -0.4 is 5.32 Å². The van der Waals surface area contributed by atoms with Gasteiger partial charge in [0.2, 0.25) is 0 Å². The van der Waals surface area contributed by atoms with Crippen LogP contribution in [0.3, 0.4) is 0 Å². The molecule has 0 aliphatic heterocycles. The molecule has 0 unspecified atom stereocenters. The number of nitrogens with one attached hydrogen (secondary N) is 1. The molecule has 0 aliphatic carbocycles. The molecule has 0 saturated heterocycles. The topological polar surface area (TPSA) is 12.0 Å². The molecule has 0 radical (unpaired) electrons. The highest BCUT2D eigenvalue weighted by molar-refractivity contribution is 8.00. The minimum atomic E-state index is -5.50. The standard InChI is InChI=1S/C12H13ClF5NS/c13-10-5-2-1-4-9(10)8-19-6-3-7-20-12(17,18)11(14,15)16/h1-2,4-5,19H,3,6-8H2. The maximum atomic E-state index is 12.6. The molecule has 0 saturated carbocycles. The highest BCUT2D eigenvalue weighted by atomic mass is 35.5. The number of rotatable bonds is 7. The van der Waals surface area contributed by atoms with E-state index in [2.05, 4.69) is 5.32 Å². The first kappa shape index (κ1) is 17.5. The number of hydrogen-bond acceptors (Lipinski definition) is 2. The van der Waals surface area contributed by atoms with Gasteiger partial charge in [0.1, 0.15) is 0 Å². The minimum Gasteiger partial charge on any atom is -0.313 e. The van der Waals surface area contributed by atoms with Crippen molar-refractivity contribution in [1.82, 2.24) is 5.32 Å². The van der Waals surface area contributed by atoms with E-state index in [1.165, 1.54) is 0 Å². The Bertz CT molecular complexity index is 425. The zero-order chi connectivity index (χ0) is 15.2. The van der Waals surface area contributed by atoms with Crippen molar-refractivity contribution in [3.8, 4) is 0 Å². The quantitative estimate of drug-likeness (QED) is 0.573. The van der Waals surface area contributed by atoms with E-state index in [4.69, 9.17) is 11.6 Å². The molecule has 0 fully saturated rings. The maximum Gasteiger partial charge on any atom is 0.464 e. The summed E-state index contributed by atoms with van der Waals surface area (Å²) in [5.74, 6) is -0.276. The van der Waals surface area contributed by atoms with Gasteiger partial charge in [0.15, 0.2) is 0 Å². The fraction of sp³-hybridized carbons (Fsp3) is 0.500. The largest absolute Gasteiger partial charge is 0.464 e. The molecule has 0 atom stereocenters. The van der Waals surface area contributed by atoms with Crippen LogP contribution >= 0.6 is 23.4 Å². The van der Waals surface area contributed by atoms with Crippen LogP contribution in [-0.2, 0) is 6.54 Å². The summed E-state index contributed by atoms with van der Waals surface area (Å²) in [5.41, 5.74) is 0.849. The fourth-order valence-corrected chi connectivity index (χ4v) is 2.26. The molecule has 0 amide bonds.